The summed E-state index contributed by atoms with van der Waals surface area (Å²) in [4.78, 5) is 25.3. The molecule has 1 N–H and O–H groups in total. The highest BCUT2D eigenvalue weighted by molar-refractivity contribution is 5.93. The van der Waals surface area contributed by atoms with E-state index in [2.05, 4.69) is 10.4 Å². The summed E-state index contributed by atoms with van der Waals surface area (Å²) in [6.07, 6.45) is 4.33. The molecule has 1 saturated carbocycles. The minimum atomic E-state index is -0.233. The highest BCUT2D eigenvalue weighted by Gasteiger charge is 2.19. The number of benzene rings is 2. The molecular weight excluding hydrogens is 338 g/mol. The van der Waals surface area contributed by atoms with Gasteiger partial charge in [0.1, 0.15) is 6.54 Å². The summed E-state index contributed by atoms with van der Waals surface area (Å²) in [5, 5.41) is 8.97. The Bertz CT molecular complexity index is 1030. The lowest BCUT2D eigenvalue weighted by Crippen LogP contribution is -2.38. The van der Waals surface area contributed by atoms with Gasteiger partial charge in [0.05, 0.1) is 11.1 Å². The van der Waals surface area contributed by atoms with Crippen molar-refractivity contribution in [1.82, 2.24) is 15.1 Å². The molecule has 0 spiro atoms. The van der Waals surface area contributed by atoms with E-state index in [1.165, 1.54) is 4.68 Å². The van der Waals surface area contributed by atoms with Gasteiger partial charge in [0.15, 0.2) is 0 Å². The van der Waals surface area contributed by atoms with E-state index in [-0.39, 0.29) is 24.1 Å². The number of hydrogen-bond acceptors (Lipinski definition) is 3. The van der Waals surface area contributed by atoms with Crippen molar-refractivity contribution in [1.29, 1.82) is 0 Å². The van der Waals surface area contributed by atoms with Gasteiger partial charge in [0.2, 0.25) is 5.91 Å². The van der Waals surface area contributed by atoms with E-state index >= 15 is 0 Å². The van der Waals surface area contributed by atoms with Crippen molar-refractivity contribution in [2.24, 2.45) is 0 Å². The molecule has 5 nitrogen and oxygen atoms in total. The molecule has 27 heavy (non-hydrogen) atoms. The van der Waals surface area contributed by atoms with Crippen LogP contribution in [0.1, 0.15) is 31.2 Å². The van der Waals surface area contributed by atoms with E-state index in [0.717, 1.165) is 47.9 Å². The van der Waals surface area contributed by atoms with Crippen LogP contribution >= 0.6 is 0 Å². The molecule has 0 bridgehead atoms. The molecule has 0 atom stereocenters. The third kappa shape index (κ3) is 3.63. The van der Waals surface area contributed by atoms with Crippen LogP contribution in [0.25, 0.3) is 22.0 Å². The first-order chi connectivity index (χ1) is 13.1. The molecular formula is C22H23N3O2. The lowest BCUT2D eigenvalue weighted by molar-refractivity contribution is -0.122. The fourth-order valence-corrected chi connectivity index (χ4v) is 3.75. The maximum atomic E-state index is 12.9. The minimum absolute atomic E-state index is 0.0565. The van der Waals surface area contributed by atoms with Gasteiger partial charge in [-0.1, -0.05) is 60.9 Å². The smallest absolute Gasteiger partial charge is 0.275 e. The lowest BCUT2D eigenvalue weighted by atomic mass is 10.0. The highest BCUT2D eigenvalue weighted by atomic mass is 16.2. The predicted octanol–water partition coefficient (Wildman–Crippen LogP) is 3.43. The fourth-order valence-electron chi connectivity index (χ4n) is 3.75. The normalized spacial score (nSPS) is 14.6. The fraction of sp³-hybridized carbons (Fsp3) is 0.318. The summed E-state index contributed by atoms with van der Waals surface area (Å²) in [6.45, 7) is 1.97. The second-order valence-electron chi connectivity index (χ2n) is 7.27. The molecule has 1 fully saturated rings. The van der Waals surface area contributed by atoms with Crippen molar-refractivity contribution in [2.75, 3.05) is 0 Å². The SMILES string of the molecule is Cc1ccc(-c2nn(CC(=O)NC3CCCC3)c(=O)c3ccccc23)cc1. The topological polar surface area (TPSA) is 64.0 Å². The Hall–Kier alpha value is -2.95. The molecule has 138 valence electrons. The van der Waals surface area contributed by atoms with E-state index in [9.17, 15) is 9.59 Å². The van der Waals surface area contributed by atoms with Gasteiger partial charge in [-0.05, 0) is 25.8 Å². The largest absolute Gasteiger partial charge is 0.352 e. The Kier molecular flexibility index (Phi) is 4.75. The molecule has 5 heteroatoms. The monoisotopic (exact) mass is 361 g/mol. The summed E-state index contributed by atoms with van der Waals surface area (Å²) in [6, 6.07) is 15.7. The maximum absolute atomic E-state index is 12.9. The van der Waals surface area contributed by atoms with Crippen LogP contribution in [0.5, 0.6) is 0 Å². The Morgan fingerprint density at radius 1 is 1.07 bits per heavy atom. The van der Waals surface area contributed by atoms with Crippen molar-refractivity contribution in [3.05, 3.63) is 64.4 Å². The average Bonchev–Trinajstić information content (AvgIpc) is 3.18. The summed E-state index contributed by atoms with van der Waals surface area (Å²) in [5.41, 5.74) is 2.58. The Morgan fingerprint density at radius 3 is 2.44 bits per heavy atom. The zero-order valence-electron chi connectivity index (χ0n) is 15.4. The number of rotatable bonds is 4. The first kappa shape index (κ1) is 17.5. The molecule has 1 aliphatic rings. The van der Waals surface area contributed by atoms with Crippen LogP contribution in [0, 0.1) is 6.92 Å². The van der Waals surface area contributed by atoms with Crippen molar-refractivity contribution >= 4 is 16.7 Å². The van der Waals surface area contributed by atoms with Crippen molar-refractivity contribution < 1.29 is 4.79 Å². The van der Waals surface area contributed by atoms with Crippen LogP contribution in [0.2, 0.25) is 0 Å². The van der Waals surface area contributed by atoms with Gasteiger partial charge in [-0.2, -0.15) is 5.10 Å². The van der Waals surface area contributed by atoms with E-state index in [1.807, 2.05) is 49.4 Å². The van der Waals surface area contributed by atoms with Gasteiger partial charge >= 0.3 is 0 Å². The second-order valence-corrected chi connectivity index (χ2v) is 7.27. The van der Waals surface area contributed by atoms with Crippen LogP contribution < -0.4 is 10.9 Å². The summed E-state index contributed by atoms with van der Waals surface area (Å²) >= 11 is 0. The minimum Gasteiger partial charge on any atom is -0.352 e. The Balaban J connectivity index is 1.74. The molecule has 1 aliphatic carbocycles. The second kappa shape index (κ2) is 7.35. The first-order valence-corrected chi connectivity index (χ1v) is 9.48. The van der Waals surface area contributed by atoms with Gasteiger partial charge < -0.3 is 5.32 Å². The van der Waals surface area contributed by atoms with Crippen LogP contribution in [0.3, 0.4) is 0 Å². The third-order valence-electron chi connectivity index (χ3n) is 5.21. The summed E-state index contributed by atoms with van der Waals surface area (Å²) in [5.74, 6) is -0.151. The van der Waals surface area contributed by atoms with Gasteiger partial charge in [0.25, 0.3) is 5.56 Å². The summed E-state index contributed by atoms with van der Waals surface area (Å²) in [7, 11) is 0. The molecule has 0 radical (unpaired) electrons. The van der Waals surface area contributed by atoms with E-state index in [0.29, 0.717) is 5.39 Å². The Morgan fingerprint density at radius 2 is 1.74 bits per heavy atom. The quantitative estimate of drug-likeness (QED) is 0.774. The van der Waals surface area contributed by atoms with Crippen molar-refractivity contribution in [2.45, 2.75) is 45.2 Å². The Labute approximate surface area is 158 Å². The number of carbonyl (C=O) groups excluding carboxylic acids is 1. The van der Waals surface area contributed by atoms with E-state index < -0.39 is 0 Å². The predicted molar refractivity (Wildman–Crippen MR) is 107 cm³/mol. The van der Waals surface area contributed by atoms with Gasteiger partial charge in [-0.3, -0.25) is 9.59 Å². The van der Waals surface area contributed by atoms with Crippen LogP contribution in [-0.2, 0) is 11.3 Å². The zero-order chi connectivity index (χ0) is 18.8. The number of aromatic nitrogens is 2. The van der Waals surface area contributed by atoms with E-state index in [1.54, 1.807) is 6.07 Å². The van der Waals surface area contributed by atoms with E-state index in [4.69, 9.17) is 0 Å². The molecule has 0 unspecified atom stereocenters. The van der Waals surface area contributed by atoms with Crippen LogP contribution in [-0.4, -0.2) is 21.7 Å². The van der Waals surface area contributed by atoms with Gasteiger partial charge in [-0.25, -0.2) is 4.68 Å². The number of nitrogens with zero attached hydrogens (tertiary/aromatic N) is 2. The lowest BCUT2D eigenvalue weighted by Gasteiger charge is -2.14. The number of aryl methyl sites for hydroxylation is 1. The molecule has 1 aromatic heterocycles. The molecule has 2 aromatic carbocycles. The molecule has 0 aliphatic heterocycles. The zero-order valence-corrected chi connectivity index (χ0v) is 15.4. The van der Waals surface area contributed by atoms with Gasteiger partial charge in [0, 0.05) is 17.0 Å². The van der Waals surface area contributed by atoms with Crippen LogP contribution in [0.15, 0.2) is 53.3 Å². The average molecular weight is 361 g/mol. The van der Waals surface area contributed by atoms with Gasteiger partial charge in [-0.15, -0.1) is 0 Å². The molecule has 1 amide bonds. The standard InChI is InChI=1S/C22H23N3O2/c1-15-10-12-16(13-11-15)21-18-8-4-5-9-19(18)22(27)25(24-21)14-20(26)23-17-6-2-3-7-17/h4-5,8-13,17H,2-3,6-7,14H2,1H3,(H,23,26). The number of nitrogens with one attached hydrogen (secondary N) is 1. The molecule has 3 aromatic rings. The number of carbonyl (C=O) groups is 1. The molecule has 0 saturated heterocycles. The number of amides is 1. The van der Waals surface area contributed by atoms with Crippen LogP contribution in [0.4, 0.5) is 0 Å². The maximum Gasteiger partial charge on any atom is 0.275 e. The highest BCUT2D eigenvalue weighted by Crippen LogP contribution is 2.25. The molecule has 4 rings (SSSR count). The number of fused-ring (bicyclic) bond motifs is 1. The van der Waals surface area contributed by atoms with Crippen molar-refractivity contribution in [3.8, 4) is 11.3 Å². The number of hydrogen-bond donors (Lipinski definition) is 1. The summed E-state index contributed by atoms with van der Waals surface area (Å²) < 4.78 is 1.29. The third-order valence-corrected chi connectivity index (χ3v) is 5.21. The molecule has 1 heterocycles. The first-order valence-electron chi connectivity index (χ1n) is 9.48. The van der Waals surface area contributed by atoms with Crippen molar-refractivity contribution in [3.63, 3.8) is 0 Å².